The molecule has 0 unspecified atom stereocenters. The average Bonchev–Trinajstić information content (AvgIpc) is 2.73. The second-order valence-electron chi connectivity index (χ2n) is 4.93. The normalized spacial score (nSPS) is 7.76. The third-order valence-electron chi connectivity index (χ3n) is 3.19. The monoisotopic (exact) mass is 388 g/mol. The van der Waals surface area contributed by atoms with Gasteiger partial charge in [-0.15, -0.1) is 0 Å². The number of nitrogens with zero attached hydrogens (tertiary/aromatic N) is 2. The maximum atomic E-state index is 10.00. The highest BCUT2D eigenvalue weighted by atomic mass is 16.1. The van der Waals surface area contributed by atoms with Gasteiger partial charge in [0.25, 0.3) is 0 Å². The Bertz CT molecular complexity index is 1010. The van der Waals surface area contributed by atoms with E-state index in [1.165, 1.54) is 29.0 Å². The summed E-state index contributed by atoms with van der Waals surface area (Å²) in [6.45, 7) is 1.80. The first-order chi connectivity index (χ1) is 14.1. The Labute approximate surface area is 166 Å². The number of hydrogen-bond donors (Lipinski definition) is 2. The zero-order valence-electron chi connectivity index (χ0n) is 15.4. The van der Waals surface area contributed by atoms with Crippen LogP contribution in [0.25, 0.3) is 10.8 Å². The van der Waals surface area contributed by atoms with Crippen LogP contribution in [0.4, 0.5) is 11.4 Å². The summed E-state index contributed by atoms with van der Waals surface area (Å²) >= 11 is 0. The molecular formula is C21H16N4O4. The number of carbonyl (C=O) groups excluding carboxylic acids is 4. The summed E-state index contributed by atoms with van der Waals surface area (Å²) in [5, 5.41) is 13.4. The van der Waals surface area contributed by atoms with Gasteiger partial charge >= 0.3 is 0 Å². The molecule has 8 nitrogen and oxygen atoms in total. The lowest BCUT2D eigenvalue weighted by atomic mass is 10.1. The molecule has 0 aliphatic rings. The van der Waals surface area contributed by atoms with Crippen LogP contribution < -0.4 is 0 Å². The first-order valence-electron chi connectivity index (χ1n) is 7.85. The molecule has 0 bridgehead atoms. The Morgan fingerprint density at radius 3 is 1.48 bits per heavy atom. The second kappa shape index (κ2) is 15.7. The molecule has 0 aliphatic carbocycles. The molecule has 144 valence electrons. The Hall–Kier alpha value is -4.56. The van der Waals surface area contributed by atoms with E-state index in [2.05, 4.69) is 58.5 Å². The van der Waals surface area contributed by atoms with Crippen molar-refractivity contribution in [2.24, 2.45) is 9.98 Å². The molecular weight excluding hydrogens is 372 g/mol. The third kappa shape index (κ3) is 10.2. The van der Waals surface area contributed by atoms with Gasteiger partial charge in [-0.3, -0.25) is 0 Å². The van der Waals surface area contributed by atoms with Gasteiger partial charge in [-0.05, 0) is 35.4 Å². The van der Waals surface area contributed by atoms with Crippen LogP contribution in [0, 0.1) is 17.7 Å². The zero-order chi connectivity index (χ0) is 21.9. The van der Waals surface area contributed by atoms with Crippen LogP contribution in [0.1, 0.15) is 5.56 Å². The van der Waals surface area contributed by atoms with E-state index in [4.69, 9.17) is 20.4 Å². The standard InChI is InChI=1S/C10H8.C9H6N2O2.2CHNO/c1-2-6-10-8-4-3-7-9(10)5-1;1-7-2-3-8(10-5-12)4-9(7)11-6-13;2*2-1-3/h1-8H;2-4H,1H3;2*2H. The first-order valence-corrected chi connectivity index (χ1v) is 7.85. The molecule has 2 N–H and O–H groups in total. The van der Waals surface area contributed by atoms with E-state index >= 15 is 0 Å². The molecule has 29 heavy (non-hydrogen) atoms. The van der Waals surface area contributed by atoms with Crippen molar-refractivity contribution in [3.05, 3.63) is 72.3 Å². The second-order valence-corrected chi connectivity index (χ2v) is 4.93. The van der Waals surface area contributed by atoms with Crippen LogP contribution in [0.5, 0.6) is 0 Å². The van der Waals surface area contributed by atoms with Crippen molar-refractivity contribution in [2.45, 2.75) is 6.92 Å². The largest absolute Gasteiger partial charge is 0.240 e. The lowest BCUT2D eigenvalue weighted by Crippen LogP contribution is -1.73. The fourth-order valence-electron chi connectivity index (χ4n) is 2.02. The topological polar surface area (TPSA) is 141 Å². The van der Waals surface area contributed by atoms with Crippen molar-refractivity contribution in [1.82, 2.24) is 0 Å². The summed E-state index contributed by atoms with van der Waals surface area (Å²) in [5.41, 5.74) is 1.72. The maximum absolute atomic E-state index is 10.00. The number of nitrogens with one attached hydrogen (secondary N) is 2. The molecule has 0 saturated carbocycles. The van der Waals surface area contributed by atoms with Crippen LogP contribution in [0.3, 0.4) is 0 Å². The number of isocyanates is 4. The minimum Gasteiger partial charge on any atom is -0.222 e. The first kappa shape index (κ1) is 24.4. The van der Waals surface area contributed by atoms with Crippen LogP contribution in [-0.4, -0.2) is 24.3 Å². The molecule has 3 rings (SSSR count). The van der Waals surface area contributed by atoms with Crippen molar-refractivity contribution in [3.8, 4) is 0 Å². The van der Waals surface area contributed by atoms with Crippen LogP contribution in [-0.2, 0) is 19.2 Å². The smallest absolute Gasteiger partial charge is 0.222 e. The van der Waals surface area contributed by atoms with Gasteiger partial charge in [0.05, 0.1) is 11.4 Å². The molecule has 0 atom stereocenters. The lowest BCUT2D eigenvalue weighted by molar-refractivity contribution is 0.562. The third-order valence-corrected chi connectivity index (χ3v) is 3.19. The van der Waals surface area contributed by atoms with Crippen molar-refractivity contribution in [1.29, 1.82) is 10.8 Å². The van der Waals surface area contributed by atoms with Gasteiger partial charge in [-0.25, -0.2) is 30.0 Å². The van der Waals surface area contributed by atoms with E-state index < -0.39 is 0 Å². The number of rotatable bonds is 2. The highest BCUT2D eigenvalue weighted by Gasteiger charge is 1.97. The highest BCUT2D eigenvalue weighted by Crippen LogP contribution is 2.23. The van der Waals surface area contributed by atoms with E-state index in [-0.39, 0.29) is 0 Å². The Morgan fingerprint density at radius 1 is 0.690 bits per heavy atom. The van der Waals surface area contributed by atoms with Gasteiger partial charge in [0.2, 0.25) is 24.3 Å². The van der Waals surface area contributed by atoms with E-state index in [1.807, 2.05) is 0 Å². The Morgan fingerprint density at radius 2 is 1.10 bits per heavy atom. The predicted octanol–water partition coefficient (Wildman–Crippen LogP) is 4.57. The molecule has 0 spiro atoms. The molecule has 0 heterocycles. The number of aliphatic imine (C=N–C) groups is 2. The van der Waals surface area contributed by atoms with Crippen LogP contribution >= 0.6 is 0 Å². The Balaban J connectivity index is 0.000000433. The molecule has 0 amide bonds. The number of aryl methyl sites for hydroxylation is 1. The minimum absolute atomic E-state index is 0.426. The maximum Gasteiger partial charge on any atom is 0.240 e. The fraction of sp³-hybridized carbons (Fsp3) is 0.0476. The molecule has 0 radical (unpaired) electrons. The van der Waals surface area contributed by atoms with Gasteiger partial charge in [-0.2, -0.15) is 9.98 Å². The quantitative estimate of drug-likeness (QED) is 0.490. The summed E-state index contributed by atoms with van der Waals surface area (Å²) in [6.07, 6.45) is 4.34. The molecule has 0 aliphatic heterocycles. The fourth-order valence-corrected chi connectivity index (χ4v) is 2.02. The van der Waals surface area contributed by atoms with Gasteiger partial charge < -0.3 is 0 Å². The molecule has 0 fully saturated rings. The zero-order valence-corrected chi connectivity index (χ0v) is 15.4. The predicted molar refractivity (Wildman–Crippen MR) is 108 cm³/mol. The van der Waals surface area contributed by atoms with Crippen molar-refractivity contribution in [3.63, 3.8) is 0 Å². The highest BCUT2D eigenvalue weighted by molar-refractivity contribution is 5.82. The van der Waals surface area contributed by atoms with Gasteiger partial charge in [0.15, 0.2) is 0 Å². The SMILES string of the molecule is Cc1ccc(N=C=O)cc1N=C=O.N=C=O.N=C=O.c1ccc2ccccc2c1. The molecule has 3 aromatic carbocycles. The van der Waals surface area contributed by atoms with E-state index in [9.17, 15) is 9.59 Å². The molecule has 0 saturated heterocycles. The molecule has 0 aromatic heterocycles. The van der Waals surface area contributed by atoms with Crippen molar-refractivity contribution >= 4 is 46.5 Å². The molecule has 8 heteroatoms. The van der Waals surface area contributed by atoms with Gasteiger partial charge in [0, 0.05) is 0 Å². The summed E-state index contributed by atoms with van der Waals surface area (Å²) in [4.78, 5) is 43.5. The van der Waals surface area contributed by atoms with E-state index in [1.54, 1.807) is 19.1 Å². The van der Waals surface area contributed by atoms with Gasteiger partial charge in [-0.1, -0.05) is 54.6 Å². The summed E-state index contributed by atoms with van der Waals surface area (Å²) in [5.74, 6) is 0. The van der Waals surface area contributed by atoms with Crippen LogP contribution in [0.2, 0.25) is 0 Å². The summed E-state index contributed by atoms with van der Waals surface area (Å²) in [7, 11) is 0. The van der Waals surface area contributed by atoms with E-state index in [0.29, 0.717) is 11.4 Å². The average molecular weight is 388 g/mol. The van der Waals surface area contributed by atoms with Crippen molar-refractivity contribution < 1.29 is 19.2 Å². The summed E-state index contributed by atoms with van der Waals surface area (Å²) < 4.78 is 0. The number of hydrogen-bond acceptors (Lipinski definition) is 8. The van der Waals surface area contributed by atoms with E-state index in [0.717, 1.165) is 17.7 Å². The van der Waals surface area contributed by atoms with Crippen molar-refractivity contribution in [2.75, 3.05) is 0 Å². The lowest BCUT2D eigenvalue weighted by Gasteiger charge is -1.97. The van der Waals surface area contributed by atoms with Crippen LogP contribution in [0.15, 0.2) is 76.7 Å². The number of benzene rings is 3. The van der Waals surface area contributed by atoms with Gasteiger partial charge in [0.1, 0.15) is 0 Å². The Kier molecular flexibility index (Phi) is 13.2. The minimum atomic E-state index is 0.426. The number of fused-ring (bicyclic) bond motifs is 1. The summed E-state index contributed by atoms with van der Waals surface area (Å²) in [6, 6.07) is 21.6. The molecule has 3 aromatic rings.